The summed E-state index contributed by atoms with van der Waals surface area (Å²) < 4.78 is 55.1. The van der Waals surface area contributed by atoms with Crippen LogP contribution in [0.15, 0.2) is 28.9 Å². The third kappa shape index (κ3) is 5.20. The van der Waals surface area contributed by atoms with Gasteiger partial charge in [-0.2, -0.15) is 13.2 Å². The first-order chi connectivity index (χ1) is 12.7. The van der Waals surface area contributed by atoms with Crippen molar-refractivity contribution in [1.29, 1.82) is 0 Å². The molecule has 0 spiro atoms. The molecule has 2 N–H and O–H groups in total. The van der Waals surface area contributed by atoms with Gasteiger partial charge in [-0.25, -0.2) is 9.37 Å². The van der Waals surface area contributed by atoms with E-state index in [1.165, 1.54) is 6.07 Å². The molecular weight excluding hydrogens is 390 g/mol. The van der Waals surface area contributed by atoms with E-state index in [2.05, 4.69) is 20.0 Å². The first kappa shape index (κ1) is 19.6. The highest BCUT2D eigenvalue weighted by molar-refractivity contribution is 6.31. The Bertz CT molecular complexity index is 805. The van der Waals surface area contributed by atoms with E-state index >= 15 is 0 Å². The normalized spacial score (nSPS) is 20.0. The van der Waals surface area contributed by atoms with E-state index in [1.807, 2.05) is 0 Å². The Morgan fingerprint density at radius 2 is 2.00 bits per heavy atom. The number of amides is 1. The fourth-order valence-corrected chi connectivity index (χ4v) is 3.24. The molecule has 0 radical (unpaired) electrons. The monoisotopic (exact) mass is 405 g/mol. The van der Waals surface area contributed by atoms with Crippen LogP contribution in [0.1, 0.15) is 41.2 Å². The number of aromatic nitrogens is 1. The molecule has 0 unspecified atom stereocenters. The topological polar surface area (TPSA) is 67.2 Å². The molecule has 2 aromatic rings. The second-order valence-corrected chi connectivity index (χ2v) is 6.80. The van der Waals surface area contributed by atoms with Crippen LogP contribution in [-0.4, -0.2) is 23.0 Å². The smallest absolute Gasteiger partial charge is 0.441 e. The van der Waals surface area contributed by atoms with Gasteiger partial charge in [-0.05, 0) is 37.5 Å². The number of hydrogen-bond acceptors (Lipinski definition) is 4. The third-order valence-electron chi connectivity index (χ3n) is 4.26. The first-order valence-electron chi connectivity index (χ1n) is 8.22. The van der Waals surface area contributed by atoms with E-state index in [0.29, 0.717) is 12.8 Å². The van der Waals surface area contributed by atoms with Crippen molar-refractivity contribution in [1.82, 2.24) is 15.6 Å². The van der Waals surface area contributed by atoms with E-state index < -0.39 is 23.8 Å². The summed E-state index contributed by atoms with van der Waals surface area (Å²) in [6.07, 6.45) is -1.62. The molecular formula is C17H16ClF4N3O2. The minimum Gasteiger partial charge on any atom is -0.441 e. The second-order valence-electron chi connectivity index (χ2n) is 6.36. The minimum absolute atomic E-state index is 0.0115. The Morgan fingerprint density at radius 3 is 2.67 bits per heavy atom. The van der Waals surface area contributed by atoms with Gasteiger partial charge in [0.05, 0.1) is 5.69 Å². The molecule has 1 heterocycles. The van der Waals surface area contributed by atoms with E-state index in [-0.39, 0.29) is 34.9 Å². The fourth-order valence-electron chi connectivity index (χ4n) is 3.02. The van der Waals surface area contributed by atoms with Gasteiger partial charge in [-0.3, -0.25) is 4.79 Å². The lowest BCUT2D eigenvalue weighted by molar-refractivity contribution is -0.157. The summed E-state index contributed by atoms with van der Waals surface area (Å²) in [6.45, 7) is 0.129. The van der Waals surface area contributed by atoms with Crippen molar-refractivity contribution in [3.63, 3.8) is 0 Å². The Morgan fingerprint density at radius 1 is 1.26 bits per heavy atom. The number of nitrogens with zero attached hydrogens (tertiary/aromatic N) is 1. The molecule has 1 saturated carbocycles. The lowest BCUT2D eigenvalue weighted by Gasteiger charge is -2.14. The van der Waals surface area contributed by atoms with Crippen LogP contribution in [-0.2, 0) is 12.7 Å². The standard InChI is InChI=1S/C17H16ClF4N3O2/c18-10-3-9(4-11(19)5-10)15(26)24-13-2-1-12(6-13)23-7-14-8-27-16(25-14)17(20,21)22/h3-5,8,12-13,23H,1-2,6-7H2,(H,24,26)/t12-,13-/m0/s1. The van der Waals surface area contributed by atoms with Gasteiger partial charge in [0.2, 0.25) is 0 Å². The molecule has 1 aliphatic rings. The highest BCUT2D eigenvalue weighted by atomic mass is 35.5. The maximum absolute atomic E-state index is 13.3. The van der Waals surface area contributed by atoms with Crippen molar-refractivity contribution in [2.75, 3.05) is 0 Å². The maximum atomic E-state index is 13.3. The predicted octanol–water partition coefficient (Wildman–Crippen LogP) is 3.93. The predicted molar refractivity (Wildman–Crippen MR) is 88.6 cm³/mol. The largest absolute Gasteiger partial charge is 0.468 e. The van der Waals surface area contributed by atoms with Crippen molar-refractivity contribution >= 4 is 17.5 Å². The Labute approximate surface area is 157 Å². The number of nitrogens with one attached hydrogen (secondary N) is 2. The van der Waals surface area contributed by atoms with Crippen LogP contribution in [0.5, 0.6) is 0 Å². The third-order valence-corrected chi connectivity index (χ3v) is 4.48. The van der Waals surface area contributed by atoms with Gasteiger partial charge in [0.15, 0.2) is 0 Å². The maximum Gasteiger partial charge on any atom is 0.468 e. The summed E-state index contributed by atoms with van der Waals surface area (Å²) in [5, 5.41) is 6.05. The summed E-state index contributed by atoms with van der Waals surface area (Å²) in [5.74, 6) is -2.29. The molecule has 27 heavy (non-hydrogen) atoms. The molecule has 2 atom stereocenters. The number of carbonyl (C=O) groups excluding carboxylic acids is 1. The highest BCUT2D eigenvalue weighted by Gasteiger charge is 2.37. The number of halogens is 5. The van der Waals surface area contributed by atoms with Crippen LogP contribution in [0.4, 0.5) is 17.6 Å². The van der Waals surface area contributed by atoms with Gasteiger partial charge in [-0.15, -0.1) is 0 Å². The molecule has 1 fully saturated rings. The number of oxazole rings is 1. The summed E-state index contributed by atoms with van der Waals surface area (Å²) in [7, 11) is 0. The summed E-state index contributed by atoms with van der Waals surface area (Å²) in [4.78, 5) is 15.6. The number of hydrogen-bond donors (Lipinski definition) is 2. The molecule has 0 aliphatic heterocycles. The molecule has 0 saturated heterocycles. The zero-order valence-electron chi connectivity index (χ0n) is 13.9. The first-order valence-corrected chi connectivity index (χ1v) is 8.60. The zero-order chi connectivity index (χ0) is 19.6. The molecule has 10 heteroatoms. The molecule has 1 aliphatic carbocycles. The summed E-state index contributed by atoms with van der Waals surface area (Å²) in [5.41, 5.74) is 0.294. The van der Waals surface area contributed by atoms with Gasteiger partial charge in [0, 0.05) is 29.2 Å². The second kappa shape index (κ2) is 7.85. The summed E-state index contributed by atoms with van der Waals surface area (Å²) in [6, 6.07) is 3.49. The number of benzene rings is 1. The van der Waals surface area contributed by atoms with E-state index in [1.54, 1.807) is 0 Å². The highest BCUT2D eigenvalue weighted by Crippen LogP contribution is 2.28. The van der Waals surface area contributed by atoms with E-state index in [0.717, 1.165) is 24.8 Å². The van der Waals surface area contributed by atoms with Crippen LogP contribution in [0.25, 0.3) is 0 Å². The van der Waals surface area contributed by atoms with Crippen molar-refractivity contribution < 1.29 is 26.8 Å². The summed E-state index contributed by atoms with van der Waals surface area (Å²) >= 11 is 5.75. The molecule has 1 aromatic carbocycles. The average Bonchev–Trinajstić information content (AvgIpc) is 3.20. The van der Waals surface area contributed by atoms with Gasteiger partial charge in [-0.1, -0.05) is 11.6 Å². The van der Waals surface area contributed by atoms with Crippen LogP contribution in [0.3, 0.4) is 0 Å². The van der Waals surface area contributed by atoms with Gasteiger partial charge in [0.1, 0.15) is 12.1 Å². The van der Waals surface area contributed by atoms with Crippen LogP contribution >= 0.6 is 11.6 Å². The lowest BCUT2D eigenvalue weighted by Crippen LogP contribution is -2.35. The van der Waals surface area contributed by atoms with Crippen molar-refractivity contribution in [2.45, 2.75) is 44.1 Å². The van der Waals surface area contributed by atoms with Crippen LogP contribution in [0, 0.1) is 5.82 Å². The van der Waals surface area contributed by atoms with Crippen molar-refractivity contribution in [2.24, 2.45) is 0 Å². The van der Waals surface area contributed by atoms with E-state index in [9.17, 15) is 22.4 Å². The molecule has 0 bridgehead atoms. The quantitative estimate of drug-likeness (QED) is 0.740. The van der Waals surface area contributed by atoms with E-state index in [4.69, 9.17) is 11.6 Å². The van der Waals surface area contributed by atoms with Crippen molar-refractivity contribution in [3.8, 4) is 0 Å². The Kier molecular flexibility index (Phi) is 5.71. The molecule has 1 amide bonds. The Hall–Kier alpha value is -2.13. The van der Waals surface area contributed by atoms with Crippen molar-refractivity contribution in [3.05, 3.63) is 52.5 Å². The van der Waals surface area contributed by atoms with Gasteiger partial charge in [0.25, 0.3) is 5.91 Å². The molecule has 3 rings (SSSR count). The average molecular weight is 406 g/mol. The lowest BCUT2D eigenvalue weighted by atomic mass is 10.1. The fraction of sp³-hybridized carbons (Fsp3) is 0.412. The molecule has 1 aromatic heterocycles. The minimum atomic E-state index is -4.61. The van der Waals surface area contributed by atoms with Gasteiger partial charge >= 0.3 is 12.1 Å². The Balaban J connectivity index is 1.48. The van der Waals surface area contributed by atoms with Gasteiger partial charge < -0.3 is 15.1 Å². The SMILES string of the molecule is O=C(N[C@H]1CC[C@H](NCc2coc(C(F)(F)F)n2)C1)c1cc(F)cc(Cl)c1. The van der Waals surface area contributed by atoms with Crippen LogP contribution < -0.4 is 10.6 Å². The molecule has 146 valence electrons. The zero-order valence-corrected chi connectivity index (χ0v) is 14.7. The van der Waals surface area contributed by atoms with Crippen LogP contribution in [0.2, 0.25) is 5.02 Å². The number of carbonyl (C=O) groups is 1. The number of alkyl halides is 3. The molecule has 5 nitrogen and oxygen atoms in total. The number of rotatable bonds is 5.